The summed E-state index contributed by atoms with van der Waals surface area (Å²) in [5.74, 6) is -0.366. The smallest absolute Gasteiger partial charge is 0.270 e. The van der Waals surface area contributed by atoms with E-state index in [1.165, 1.54) is 24.7 Å². The number of nitro groups is 1. The molecule has 0 saturated heterocycles. The summed E-state index contributed by atoms with van der Waals surface area (Å²) in [6, 6.07) is 12.8. The maximum Gasteiger partial charge on any atom is 0.270 e. The summed E-state index contributed by atoms with van der Waals surface area (Å²) in [4.78, 5) is 24.7. The molecule has 0 bridgehead atoms. The van der Waals surface area contributed by atoms with Crippen LogP contribution in [0.2, 0.25) is 0 Å². The quantitative estimate of drug-likeness (QED) is 0.550. The van der Waals surface area contributed by atoms with E-state index in [0.717, 1.165) is 12.0 Å². The standard InChI is InChI=1S/C20H26N4O3/c1-5-14-6-8-15(9-7-14)19(23(3)4)13-22-18-11-10-16(24(26)27)12-17(18)20(25)21-2/h6-12,19,22H,5,13H2,1-4H3,(H,21,25). The average Bonchev–Trinajstić information content (AvgIpc) is 2.67. The van der Waals surface area contributed by atoms with Gasteiger partial charge in [-0.2, -0.15) is 0 Å². The average molecular weight is 370 g/mol. The lowest BCUT2D eigenvalue weighted by molar-refractivity contribution is -0.384. The minimum absolute atomic E-state index is 0.0867. The lowest BCUT2D eigenvalue weighted by Crippen LogP contribution is -2.28. The summed E-state index contributed by atoms with van der Waals surface area (Å²) in [5.41, 5.74) is 3.15. The Kier molecular flexibility index (Phi) is 6.90. The molecule has 0 spiro atoms. The zero-order valence-electron chi connectivity index (χ0n) is 16.2. The molecule has 0 radical (unpaired) electrons. The largest absolute Gasteiger partial charge is 0.382 e. The molecule has 1 atom stereocenters. The van der Waals surface area contributed by atoms with Crippen molar-refractivity contribution in [3.05, 3.63) is 69.3 Å². The van der Waals surface area contributed by atoms with E-state index in [1.54, 1.807) is 6.07 Å². The van der Waals surface area contributed by atoms with Gasteiger partial charge in [0.2, 0.25) is 0 Å². The number of aryl methyl sites for hydroxylation is 1. The second kappa shape index (κ2) is 9.14. The highest BCUT2D eigenvalue weighted by Crippen LogP contribution is 2.25. The predicted molar refractivity (Wildman–Crippen MR) is 107 cm³/mol. The second-order valence-corrected chi connectivity index (χ2v) is 6.52. The monoisotopic (exact) mass is 370 g/mol. The third kappa shape index (κ3) is 5.04. The third-order valence-corrected chi connectivity index (χ3v) is 4.57. The Bertz CT molecular complexity index is 803. The van der Waals surface area contributed by atoms with E-state index in [9.17, 15) is 14.9 Å². The summed E-state index contributed by atoms with van der Waals surface area (Å²) >= 11 is 0. The van der Waals surface area contributed by atoms with Crippen molar-refractivity contribution < 1.29 is 9.72 Å². The highest BCUT2D eigenvalue weighted by molar-refractivity contribution is 6.00. The zero-order chi connectivity index (χ0) is 20.0. The van der Waals surface area contributed by atoms with Gasteiger partial charge in [0, 0.05) is 31.4 Å². The normalized spacial score (nSPS) is 11.9. The highest BCUT2D eigenvalue weighted by Gasteiger charge is 2.18. The second-order valence-electron chi connectivity index (χ2n) is 6.52. The predicted octanol–water partition coefficient (Wildman–Crippen LogP) is 3.23. The molecule has 7 heteroatoms. The van der Waals surface area contributed by atoms with E-state index in [0.29, 0.717) is 12.2 Å². The van der Waals surface area contributed by atoms with Crippen LogP contribution in [0.1, 0.15) is 34.5 Å². The van der Waals surface area contributed by atoms with Gasteiger partial charge >= 0.3 is 0 Å². The number of nitrogens with one attached hydrogen (secondary N) is 2. The number of carbonyl (C=O) groups is 1. The Morgan fingerprint density at radius 3 is 2.37 bits per heavy atom. The lowest BCUT2D eigenvalue weighted by atomic mass is 10.0. The molecular formula is C20H26N4O3. The first kappa shape index (κ1) is 20.4. The molecule has 2 aromatic carbocycles. The van der Waals surface area contributed by atoms with Crippen LogP contribution < -0.4 is 10.6 Å². The number of nitrogens with zero attached hydrogens (tertiary/aromatic N) is 2. The van der Waals surface area contributed by atoms with Gasteiger partial charge in [-0.25, -0.2) is 0 Å². The van der Waals surface area contributed by atoms with Crippen LogP contribution in [0.25, 0.3) is 0 Å². The van der Waals surface area contributed by atoms with E-state index >= 15 is 0 Å². The van der Waals surface area contributed by atoms with Crippen molar-refractivity contribution in [2.75, 3.05) is 33.0 Å². The number of non-ortho nitro benzene ring substituents is 1. The van der Waals surface area contributed by atoms with Crippen molar-refractivity contribution in [2.24, 2.45) is 0 Å². The molecular weight excluding hydrogens is 344 g/mol. The Hall–Kier alpha value is -2.93. The maximum absolute atomic E-state index is 12.1. The van der Waals surface area contributed by atoms with Crippen LogP contribution in [0.15, 0.2) is 42.5 Å². The molecule has 0 aliphatic carbocycles. The molecule has 2 rings (SSSR count). The van der Waals surface area contributed by atoms with Gasteiger partial charge in [0.1, 0.15) is 0 Å². The Balaban J connectivity index is 2.25. The molecule has 2 aromatic rings. The molecule has 0 fully saturated rings. The Labute approximate surface area is 159 Å². The van der Waals surface area contributed by atoms with Gasteiger partial charge in [0.25, 0.3) is 11.6 Å². The Morgan fingerprint density at radius 2 is 1.85 bits per heavy atom. The first-order valence-corrected chi connectivity index (χ1v) is 8.87. The number of rotatable bonds is 8. The van der Waals surface area contributed by atoms with E-state index in [1.807, 2.05) is 14.1 Å². The number of carbonyl (C=O) groups excluding carboxylic acids is 1. The molecule has 7 nitrogen and oxygen atoms in total. The summed E-state index contributed by atoms with van der Waals surface area (Å²) in [5, 5.41) is 16.8. The zero-order valence-corrected chi connectivity index (χ0v) is 16.2. The third-order valence-electron chi connectivity index (χ3n) is 4.57. The number of amides is 1. The fourth-order valence-corrected chi connectivity index (χ4v) is 2.90. The van der Waals surface area contributed by atoms with Crippen LogP contribution >= 0.6 is 0 Å². The molecule has 1 unspecified atom stereocenters. The summed E-state index contributed by atoms with van der Waals surface area (Å²) in [7, 11) is 5.49. The van der Waals surface area contributed by atoms with Gasteiger partial charge in [-0.05, 0) is 37.7 Å². The highest BCUT2D eigenvalue weighted by atomic mass is 16.6. The fraction of sp³-hybridized carbons (Fsp3) is 0.350. The number of likely N-dealkylation sites (N-methyl/N-ethyl adjacent to an activating group) is 1. The molecule has 1 amide bonds. The fourth-order valence-electron chi connectivity index (χ4n) is 2.90. The van der Waals surface area contributed by atoms with Gasteiger partial charge in [-0.15, -0.1) is 0 Å². The van der Waals surface area contributed by atoms with Crippen LogP contribution in [0.4, 0.5) is 11.4 Å². The molecule has 27 heavy (non-hydrogen) atoms. The van der Waals surface area contributed by atoms with Gasteiger partial charge in [0.15, 0.2) is 0 Å². The van der Waals surface area contributed by atoms with Crippen LogP contribution in [-0.4, -0.2) is 43.4 Å². The summed E-state index contributed by atoms with van der Waals surface area (Å²) < 4.78 is 0. The number of nitro benzene ring substituents is 1. The van der Waals surface area contributed by atoms with Crippen molar-refractivity contribution in [2.45, 2.75) is 19.4 Å². The molecule has 0 saturated carbocycles. The van der Waals surface area contributed by atoms with Gasteiger partial charge in [-0.1, -0.05) is 31.2 Å². The van der Waals surface area contributed by atoms with E-state index < -0.39 is 4.92 Å². The summed E-state index contributed by atoms with van der Waals surface area (Å²) in [6.07, 6.45) is 0.990. The topological polar surface area (TPSA) is 87.5 Å². The van der Waals surface area contributed by atoms with Crippen molar-refractivity contribution >= 4 is 17.3 Å². The SMILES string of the molecule is CCc1ccc(C(CNc2ccc([N+](=O)[O-])cc2C(=O)NC)N(C)C)cc1. The molecule has 144 valence electrons. The minimum Gasteiger partial charge on any atom is -0.382 e. The first-order chi connectivity index (χ1) is 12.9. The number of anilines is 1. The van der Waals surface area contributed by atoms with Crippen LogP contribution in [-0.2, 0) is 6.42 Å². The molecule has 2 N–H and O–H groups in total. The molecule has 0 aliphatic rings. The van der Waals surface area contributed by atoms with Crippen molar-refractivity contribution in [1.29, 1.82) is 0 Å². The van der Waals surface area contributed by atoms with E-state index in [4.69, 9.17) is 0 Å². The van der Waals surface area contributed by atoms with Crippen LogP contribution in [0, 0.1) is 10.1 Å². The summed E-state index contributed by atoms with van der Waals surface area (Å²) in [6.45, 7) is 2.68. The minimum atomic E-state index is -0.506. The molecule has 0 aromatic heterocycles. The van der Waals surface area contributed by atoms with E-state index in [-0.39, 0.29) is 23.2 Å². The number of hydrogen-bond acceptors (Lipinski definition) is 5. The molecule has 0 aliphatic heterocycles. The van der Waals surface area contributed by atoms with Gasteiger partial charge in [0.05, 0.1) is 16.5 Å². The van der Waals surface area contributed by atoms with Crippen molar-refractivity contribution in [3.63, 3.8) is 0 Å². The first-order valence-electron chi connectivity index (χ1n) is 8.87. The van der Waals surface area contributed by atoms with Crippen LogP contribution in [0.3, 0.4) is 0 Å². The lowest BCUT2D eigenvalue weighted by Gasteiger charge is -2.26. The van der Waals surface area contributed by atoms with Crippen molar-refractivity contribution in [3.8, 4) is 0 Å². The van der Waals surface area contributed by atoms with E-state index in [2.05, 4.69) is 46.7 Å². The molecule has 0 heterocycles. The number of benzene rings is 2. The maximum atomic E-state index is 12.1. The number of hydrogen-bond donors (Lipinski definition) is 2. The van der Waals surface area contributed by atoms with Crippen LogP contribution in [0.5, 0.6) is 0 Å². The Morgan fingerprint density at radius 1 is 1.19 bits per heavy atom. The van der Waals surface area contributed by atoms with Gasteiger partial charge in [-0.3, -0.25) is 14.9 Å². The van der Waals surface area contributed by atoms with Crippen molar-refractivity contribution in [1.82, 2.24) is 10.2 Å². The van der Waals surface area contributed by atoms with Gasteiger partial charge < -0.3 is 15.5 Å².